The summed E-state index contributed by atoms with van der Waals surface area (Å²) in [7, 11) is 0. The molecule has 5 nitrogen and oxygen atoms in total. The molecule has 0 atom stereocenters. The van der Waals surface area contributed by atoms with E-state index in [0.717, 1.165) is 55.3 Å². The molecule has 0 unspecified atom stereocenters. The maximum atomic E-state index is 6.51. The largest absolute Gasteiger partial charge is 0.456 e. The van der Waals surface area contributed by atoms with Crippen molar-refractivity contribution in [2.45, 2.75) is 0 Å². The van der Waals surface area contributed by atoms with E-state index in [9.17, 15) is 0 Å². The van der Waals surface area contributed by atoms with Crippen molar-refractivity contribution in [1.29, 1.82) is 0 Å². The minimum atomic E-state index is 0.635. The molecule has 0 radical (unpaired) electrons. The van der Waals surface area contributed by atoms with Gasteiger partial charge in [-0.25, -0.2) is 15.0 Å². The summed E-state index contributed by atoms with van der Waals surface area (Å²) < 4.78 is 8.82. The summed E-state index contributed by atoms with van der Waals surface area (Å²) in [6.07, 6.45) is 0. The van der Waals surface area contributed by atoms with Crippen LogP contribution in [-0.2, 0) is 0 Å². The molecule has 0 fully saturated rings. The number of para-hydroxylation sites is 1. The number of hydrogen-bond donors (Lipinski definition) is 0. The van der Waals surface area contributed by atoms with Gasteiger partial charge in [0.15, 0.2) is 17.5 Å². The summed E-state index contributed by atoms with van der Waals surface area (Å²) in [5, 5.41) is 4.60. The average Bonchev–Trinajstić information content (AvgIpc) is 3.36. The van der Waals surface area contributed by atoms with Crippen molar-refractivity contribution >= 4 is 43.7 Å². The molecule has 0 aliphatic heterocycles. The molecular formula is C39H24N4O. The first-order chi connectivity index (χ1) is 21.8. The van der Waals surface area contributed by atoms with Crippen molar-refractivity contribution in [2.24, 2.45) is 0 Å². The minimum absolute atomic E-state index is 0.635. The van der Waals surface area contributed by atoms with Gasteiger partial charge in [-0.2, -0.15) is 0 Å². The van der Waals surface area contributed by atoms with Crippen LogP contribution in [0.1, 0.15) is 0 Å². The van der Waals surface area contributed by atoms with Crippen LogP contribution in [0, 0.1) is 0 Å². The zero-order valence-corrected chi connectivity index (χ0v) is 23.6. The fraction of sp³-hybridized carbons (Fsp3) is 0. The summed E-state index contributed by atoms with van der Waals surface area (Å²) in [6, 6.07) is 49.6. The van der Waals surface area contributed by atoms with Gasteiger partial charge in [-0.3, -0.25) is 0 Å². The van der Waals surface area contributed by atoms with E-state index < -0.39 is 0 Å². The molecule has 0 saturated carbocycles. The van der Waals surface area contributed by atoms with Gasteiger partial charge in [-0.05, 0) is 53.9 Å². The number of fused-ring (bicyclic) bond motifs is 2. The van der Waals surface area contributed by atoms with Crippen LogP contribution in [0.2, 0.25) is 0 Å². The smallest absolute Gasteiger partial charge is 0.164 e. The number of rotatable bonds is 4. The topological polar surface area (TPSA) is 56.7 Å². The van der Waals surface area contributed by atoms with Gasteiger partial charge in [0.25, 0.3) is 0 Å². The number of nitrogens with zero attached hydrogens (tertiary/aromatic N) is 4. The van der Waals surface area contributed by atoms with Crippen LogP contribution < -0.4 is 0 Å². The second-order valence-corrected chi connectivity index (χ2v) is 10.9. The van der Waals surface area contributed by atoms with Crippen LogP contribution in [-0.4, -0.2) is 19.5 Å². The first-order valence-electron chi connectivity index (χ1n) is 14.6. The highest BCUT2D eigenvalue weighted by molar-refractivity contribution is 6.26. The van der Waals surface area contributed by atoms with Crippen LogP contribution in [0.3, 0.4) is 0 Å². The van der Waals surface area contributed by atoms with E-state index in [-0.39, 0.29) is 0 Å². The number of benzene rings is 6. The third kappa shape index (κ3) is 3.83. The molecule has 6 aromatic carbocycles. The molecule has 206 valence electrons. The summed E-state index contributed by atoms with van der Waals surface area (Å²) in [6.45, 7) is 0. The Balaban J connectivity index is 1.23. The minimum Gasteiger partial charge on any atom is -0.456 e. The predicted octanol–water partition coefficient (Wildman–Crippen LogP) is 9.87. The fourth-order valence-corrected chi connectivity index (χ4v) is 6.26. The molecule has 3 aromatic heterocycles. The molecule has 0 aliphatic rings. The highest BCUT2D eigenvalue weighted by Gasteiger charge is 2.19. The average molecular weight is 565 g/mol. The molecule has 0 aliphatic carbocycles. The van der Waals surface area contributed by atoms with Crippen LogP contribution in [0.25, 0.3) is 83.6 Å². The van der Waals surface area contributed by atoms with E-state index in [0.29, 0.717) is 17.5 Å². The SMILES string of the molecule is c1ccc(-c2nc(-c3ccccc3)nc(-c3ccc(-n4c5cccc6oc7ccccc7c7cccc4c7c65)cc3)n2)cc1. The third-order valence-electron chi connectivity index (χ3n) is 8.26. The second-order valence-electron chi connectivity index (χ2n) is 10.9. The normalized spacial score (nSPS) is 11.6. The van der Waals surface area contributed by atoms with Crippen LogP contribution >= 0.6 is 0 Å². The lowest BCUT2D eigenvalue weighted by molar-refractivity contribution is 0.664. The van der Waals surface area contributed by atoms with E-state index in [1.807, 2.05) is 72.8 Å². The van der Waals surface area contributed by atoms with E-state index in [4.69, 9.17) is 19.4 Å². The molecular weight excluding hydrogens is 540 g/mol. The quantitative estimate of drug-likeness (QED) is 0.213. The van der Waals surface area contributed by atoms with E-state index in [1.54, 1.807) is 0 Å². The third-order valence-corrected chi connectivity index (χ3v) is 8.26. The summed E-state index contributed by atoms with van der Waals surface area (Å²) in [4.78, 5) is 14.7. The van der Waals surface area contributed by atoms with E-state index in [2.05, 4.69) is 77.4 Å². The van der Waals surface area contributed by atoms with Crippen molar-refractivity contribution in [3.8, 4) is 39.9 Å². The Morgan fingerprint density at radius 3 is 1.55 bits per heavy atom. The van der Waals surface area contributed by atoms with Crippen molar-refractivity contribution < 1.29 is 4.42 Å². The number of hydrogen-bond acceptors (Lipinski definition) is 4. The first kappa shape index (κ1) is 24.5. The Morgan fingerprint density at radius 1 is 0.386 bits per heavy atom. The maximum absolute atomic E-state index is 6.51. The second kappa shape index (κ2) is 9.75. The van der Waals surface area contributed by atoms with Gasteiger partial charge in [0, 0.05) is 33.2 Å². The van der Waals surface area contributed by atoms with E-state index >= 15 is 0 Å². The van der Waals surface area contributed by atoms with Gasteiger partial charge in [-0.15, -0.1) is 0 Å². The van der Waals surface area contributed by atoms with Gasteiger partial charge >= 0.3 is 0 Å². The van der Waals surface area contributed by atoms with Gasteiger partial charge in [0.05, 0.1) is 16.4 Å². The summed E-state index contributed by atoms with van der Waals surface area (Å²) >= 11 is 0. The Kier molecular flexibility index (Phi) is 5.43. The molecule has 9 aromatic rings. The predicted molar refractivity (Wildman–Crippen MR) is 178 cm³/mol. The van der Waals surface area contributed by atoms with Gasteiger partial charge in [0.2, 0.25) is 0 Å². The van der Waals surface area contributed by atoms with Crippen molar-refractivity contribution in [3.05, 3.63) is 146 Å². The monoisotopic (exact) mass is 564 g/mol. The van der Waals surface area contributed by atoms with Crippen molar-refractivity contribution in [3.63, 3.8) is 0 Å². The molecule has 0 amide bonds. The molecule has 0 N–H and O–H groups in total. The molecule has 44 heavy (non-hydrogen) atoms. The maximum Gasteiger partial charge on any atom is 0.164 e. The van der Waals surface area contributed by atoms with Gasteiger partial charge in [-0.1, -0.05) is 97.1 Å². The highest BCUT2D eigenvalue weighted by atomic mass is 16.3. The lowest BCUT2D eigenvalue weighted by Crippen LogP contribution is -2.00. The fourth-order valence-electron chi connectivity index (χ4n) is 6.26. The summed E-state index contributed by atoms with van der Waals surface area (Å²) in [5.74, 6) is 1.93. The van der Waals surface area contributed by atoms with Crippen molar-refractivity contribution in [2.75, 3.05) is 0 Å². The first-order valence-corrected chi connectivity index (χ1v) is 14.6. The molecule has 9 rings (SSSR count). The molecule has 5 heteroatoms. The zero-order chi connectivity index (χ0) is 29.0. The number of aromatic nitrogens is 4. The van der Waals surface area contributed by atoms with Crippen LogP contribution in [0.4, 0.5) is 0 Å². The zero-order valence-electron chi connectivity index (χ0n) is 23.6. The van der Waals surface area contributed by atoms with Crippen molar-refractivity contribution in [1.82, 2.24) is 19.5 Å². The van der Waals surface area contributed by atoms with Gasteiger partial charge in [0.1, 0.15) is 11.2 Å². The lowest BCUT2D eigenvalue weighted by Gasteiger charge is -2.11. The van der Waals surface area contributed by atoms with Crippen LogP contribution in [0.5, 0.6) is 0 Å². The Labute approximate surface area is 252 Å². The molecule has 0 spiro atoms. The Bertz CT molecular complexity index is 2420. The molecule has 0 bridgehead atoms. The lowest BCUT2D eigenvalue weighted by atomic mass is 10.1. The standard InChI is InChI=1S/C39H24N4O/c1-3-11-25(12-4-1)37-40-38(26-13-5-2-6-14-26)42-39(41-37)27-21-23-28(24-22-27)43-31-17-9-16-30-29-15-7-8-19-33(29)44-34-20-10-18-32(43)36(34)35(30)31/h1-24H. The molecule has 0 saturated heterocycles. The van der Waals surface area contributed by atoms with Crippen LogP contribution in [0.15, 0.2) is 150 Å². The van der Waals surface area contributed by atoms with E-state index in [1.165, 1.54) is 10.8 Å². The Hall–Kier alpha value is -6.07. The Morgan fingerprint density at radius 2 is 0.886 bits per heavy atom. The molecule has 3 heterocycles. The van der Waals surface area contributed by atoms with Gasteiger partial charge < -0.3 is 8.98 Å². The highest BCUT2D eigenvalue weighted by Crippen LogP contribution is 2.40. The summed E-state index contributed by atoms with van der Waals surface area (Å²) in [5.41, 5.74) is 7.86.